The average Bonchev–Trinajstić information content (AvgIpc) is 3.03. The van der Waals surface area contributed by atoms with E-state index in [0.717, 1.165) is 27.7 Å². The van der Waals surface area contributed by atoms with Gasteiger partial charge in [0, 0.05) is 50.9 Å². The van der Waals surface area contributed by atoms with Crippen LogP contribution in [-0.2, 0) is 14.2 Å². The van der Waals surface area contributed by atoms with Gasteiger partial charge in [-0.25, -0.2) is 24.4 Å². The van der Waals surface area contributed by atoms with Gasteiger partial charge in [-0.2, -0.15) is 0 Å². The van der Waals surface area contributed by atoms with E-state index in [1.165, 1.54) is 0 Å². The molecule has 2 aromatic heterocycles. The lowest BCUT2D eigenvalue weighted by atomic mass is 9.99. The lowest BCUT2D eigenvalue weighted by Crippen LogP contribution is -2.50. The van der Waals surface area contributed by atoms with Gasteiger partial charge in [0.25, 0.3) is 0 Å². The molecule has 1 aliphatic heterocycles. The Balaban J connectivity index is 1.55. The first-order chi connectivity index (χ1) is 23.2. The number of amides is 3. The van der Waals surface area contributed by atoms with Crippen LogP contribution in [0.15, 0.2) is 42.6 Å². The molecule has 14 nitrogen and oxygen atoms in total. The summed E-state index contributed by atoms with van der Waals surface area (Å²) < 4.78 is 16.1. The summed E-state index contributed by atoms with van der Waals surface area (Å²) in [4.78, 5) is 50.4. The normalized spacial score (nSPS) is 13.5. The first-order valence-electron chi connectivity index (χ1n) is 16.7. The van der Waals surface area contributed by atoms with Gasteiger partial charge in [-0.1, -0.05) is 18.2 Å². The number of anilines is 3. The van der Waals surface area contributed by atoms with Crippen molar-refractivity contribution >= 4 is 46.5 Å². The number of carbonyl (C=O) groups excluding carboxylic acids is 3. The van der Waals surface area contributed by atoms with Crippen LogP contribution < -0.4 is 26.6 Å². The third-order valence-corrected chi connectivity index (χ3v) is 7.31. The van der Waals surface area contributed by atoms with Crippen molar-refractivity contribution in [3.05, 3.63) is 42.6 Å². The van der Waals surface area contributed by atoms with Gasteiger partial charge in [0.05, 0.1) is 6.61 Å². The Kier molecular flexibility index (Phi) is 12.5. The van der Waals surface area contributed by atoms with Crippen molar-refractivity contribution in [3.8, 4) is 11.1 Å². The fourth-order valence-corrected chi connectivity index (χ4v) is 5.12. The number of hydrogen-bond acceptors (Lipinski definition) is 11. The van der Waals surface area contributed by atoms with Gasteiger partial charge in [-0.05, 0) is 95.6 Å². The van der Waals surface area contributed by atoms with E-state index in [2.05, 4.69) is 25.8 Å². The number of fused-ring (bicyclic) bond motifs is 1. The second kappa shape index (κ2) is 16.5. The predicted octanol–water partition coefficient (Wildman–Crippen LogP) is 5.58. The molecular formula is C35H50N8O6. The summed E-state index contributed by atoms with van der Waals surface area (Å²) in [6.07, 6.45) is 1.53. The van der Waals surface area contributed by atoms with Crippen molar-refractivity contribution in [2.24, 2.45) is 5.73 Å². The van der Waals surface area contributed by atoms with E-state index >= 15 is 0 Å². The molecule has 0 unspecified atom stereocenters. The van der Waals surface area contributed by atoms with Gasteiger partial charge in [0.15, 0.2) is 0 Å². The minimum Gasteiger partial charge on any atom is -0.449 e. The van der Waals surface area contributed by atoms with Crippen molar-refractivity contribution in [2.75, 3.05) is 68.0 Å². The second-order valence-electron chi connectivity index (χ2n) is 13.7. The lowest BCUT2D eigenvalue weighted by molar-refractivity contribution is 0.0240. The molecule has 266 valence electrons. The monoisotopic (exact) mass is 678 g/mol. The summed E-state index contributed by atoms with van der Waals surface area (Å²) in [6.45, 7) is 14.8. The smallest absolute Gasteiger partial charge is 0.412 e. The molecule has 0 saturated carbocycles. The molecular weight excluding hydrogens is 628 g/mol. The molecule has 3 aromatic rings. The first-order valence-corrected chi connectivity index (χ1v) is 16.7. The van der Waals surface area contributed by atoms with Crippen LogP contribution in [0, 0.1) is 0 Å². The summed E-state index contributed by atoms with van der Waals surface area (Å²) in [7, 11) is 0. The largest absolute Gasteiger partial charge is 0.449 e. The maximum absolute atomic E-state index is 12.6. The molecule has 14 heteroatoms. The van der Waals surface area contributed by atoms with Crippen LogP contribution in [-0.4, -0.2) is 96.8 Å². The van der Waals surface area contributed by atoms with E-state index in [1.807, 2.05) is 77.9 Å². The number of nitrogens with two attached hydrogens (primary N) is 1. The number of hydrogen-bond donors (Lipinski definition) is 4. The molecule has 0 spiro atoms. The molecule has 49 heavy (non-hydrogen) atoms. The van der Waals surface area contributed by atoms with E-state index in [1.54, 1.807) is 11.1 Å². The highest BCUT2D eigenvalue weighted by atomic mass is 16.6. The molecule has 1 aliphatic rings. The van der Waals surface area contributed by atoms with Crippen LogP contribution in [0.5, 0.6) is 0 Å². The van der Waals surface area contributed by atoms with Crippen LogP contribution in [0.2, 0.25) is 0 Å². The zero-order chi connectivity index (χ0) is 35.6. The number of pyridine rings is 2. The van der Waals surface area contributed by atoms with Crippen molar-refractivity contribution in [3.63, 3.8) is 0 Å². The average molecular weight is 679 g/mol. The number of nitrogens with one attached hydrogen (secondary N) is 3. The zero-order valence-electron chi connectivity index (χ0n) is 29.4. The maximum Gasteiger partial charge on any atom is 0.412 e. The highest BCUT2D eigenvalue weighted by molar-refractivity contribution is 6.04. The molecule has 0 bridgehead atoms. The van der Waals surface area contributed by atoms with Gasteiger partial charge in [-0.3, -0.25) is 5.32 Å². The van der Waals surface area contributed by atoms with E-state index < -0.39 is 23.4 Å². The molecule has 1 saturated heterocycles. The van der Waals surface area contributed by atoms with Gasteiger partial charge >= 0.3 is 18.3 Å². The number of nitrogens with zero attached hydrogens (tertiary/aromatic N) is 4. The molecule has 3 heterocycles. The summed E-state index contributed by atoms with van der Waals surface area (Å²) >= 11 is 0. The predicted molar refractivity (Wildman–Crippen MR) is 191 cm³/mol. The summed E-state index contributed by atoms with van der Waals surface area (Å²) in [5.74, 6) is 1.69. The van der Waals surface area contributed by atoms with E-state index in [4.69, 9.17) is 24.9 Å². The molecule has 0 aliphatic carbocycles. The van der Waals surface area contributed by atoms with E-state index in [-0.39, 0.29) is 12.7 Å². The van der Waals surface area contributed by atoms with Gasteiger partial charge in [0.1, 0.15) is 28.7 Å². The van der Waals surface area contributed by atoms with Crippen LogP contribution in [0.1, 0.15) is 54.4 Å². The van der Waals surface area contributed by atoms with Gasteiger partial charge < -0.3 is 40.4 Å². The van der Waals surface area contributed by atoms with Crippen molar-refractivity contribution in [2.45, 2.75) is 65.6 Å². The summed E-state index contributed by atoms with van der Waals surface area (Å²) in [5, 5.41) is 10.6. The number of rotatable bonds is 11. The van der Waals surface area contributed by atoms with Crippen LogP contribution in [0.4, 0.5) is 31.8 Å². The number of benzene rings is 1. The Bertz CT molecular complexity index is 1600. The Labute approximate surface area is 288 Å². The Hall–Kier alpha value is -4.85. The topological polar surface area (TPSA) is 173 Å². The molecule has 3 amide bonds. The quantitative estimate of drug-likeness (QED) is 0.147. The number of piperazine rings is 1. The number of alkyl carbamates (subject to hydrolysis) is 1. The second-order valence-corrected chi connectivity index (χ2v) is 13.7. The highest BCUT2D eigenvalue weighted by Gasteiger charge is 2.26. The van der Waals surface area contributed by atoms with Crippen LogP contribution in [0.25, 0.3) is 21.9 Å². The SMILES string of the molecule is CC(C)(C)OC(=O)NCCCNc1nc(NC(=O)OCCCN)cc2c(-c3ccnc(N4CCN(C(=O)OC(C)(C)C)CC4)c3)cccc12. The Morgan fingerprint density at radius 2 is 1.61 bits per heavy atom. The Morgan fingerprint density at radius 1 is 0.878 bits per heavy atom. The minimum atomic E-state index is -0.623. The van der Waals surface area contributed by atoms with Crippen molar-refractivity contribution < 1.29 is 28.6 Å². The lowest BCUT2D eigenvalue weighted by Gasteiger charge is -2.36. The van der Waals surface area contributed by atoms with Crippen LogP contribution >= 0.6 is 0 Å². The third kappa shape index (κ3) is 11.4. The molecule has 1 fully saturated rings. The minimum absolute atomic E-state index is 0.197. The first kappa shape index (κ1) is 37.0. The van der Waals surface area contributed by atoms with E-state index in [9.17, 15) is 14.4 Å². The molecule has 0 radical (unpaired) electrons. The molecule has 0 atom stereocenters. The van der Waals surface area contributed by atoms with Crippen molar-refractivity contribution in [1.29, 1.82) is 0 Å². The summed E-state index contributed by atoms with van der Waals surface area (Å²) in [6, 6.07) is 11.7. The number of aromatic nitrogens is 2. The molecule has 5 N–H and O–H groups in total. The Morgan fingerprint density at radius 3 is 2.31 bits per heavy atom. The zero-order valence-corrected chi connectivity index (χ0v) is 29.4. The fraction of sp³-hybridized carbons (Fsp3) is 0.514. The molecule has 1 aromatic carbocycles. The van der Waals surface area contributed by atoms with E-state index in [0.29, 0.717) is 70.3 Å². The number of carbonyl (C=O) groups is 3. The third-order valence-electron chi connectivity index (χ3n) is 7.31. The van der Waals surface area contributed by atoms with Gasteiger partial charge in [-0.15, -0.1) is 0 Å². The van der Waals surface area contributed by atoms with Crippen molar-refractivity contribution in [1.82, 2.24) is 20.2 Å². The fourth-order valence-electron chi connectivity index (χ4n) is 5.12. The molecule has 4 rings (SSSR count). The van der Waals surface area contributed by atoms with Gasteiger partial charge in [0.2, 0.25) is 0 Å². The van der Waals surface area contributed by atoms with Crippen LogP contribution in [0.3, 0.4) is 0 Å². The standard InChI is InChI=1S/C35H50N8O6/c1-34(2,3)48-31(44)39-15-9-14-38-30-26-11-7-10-25(27(26)23-28(40-30)41-32(45)47-21-8-13-36)24-12-16-37-29(22-24)42-17-19-43(20-18-42)33(46)49-35(4,5)6/h7,10-12,16,22-23H,8-9,13-15,17-21,36H2,1-6H3,(H,39,44)(H2,38,40,41,45). The maximum atomic E-state index is 12.6. The number of ether oxygens (including phenoxy) is 3. The highest BCUT2D eigenvalue weighted by Crippen LogP contribution is 2.35. The summed E-state index contributed by atoms with van der Waals surface area (Å²) in [5.41, 5.74) is 6.27.